The molecule has 6 heteroatoms. The van der Waals surface area contributed by atoms with E-state index in [0.717, 1.165) is 17.9 Å². The molecule has 1 heterocycles. The largest absolute Gasteiger partial charge is 0.460 e. The molecule has 100 valence electrons. The van der Waals surface area contributed by atoms with Gasteiger partial charge in [-0.05, 0) is 37.3 Å². The first kappa shape index (κ1) is 13.2. The highest BCUT2D eigenvalue weighted by molar-refractivity contribution is 5.76. The zero-order valence-electron chi connectivity index (χ0n) is 10.0. The molecule has 0 unspecified atom stereocenters. The fourth-order valence-electron chi connectivity index (χ4n) is 1.46. The van der Waals surface area contributed by atoms with Gasteiger partial charge in [-0.15, -0.1) is 0 Å². The molecule has 0 saturated carbocycles. The van der Waals surface area contributed by atoms with Gasteiger partial charge in [-0.2, -0.15) is 18.3 Å². The molecule has 0 aliphatic carbocycles. The standard InChI is InChI=1S/C13H11F3N2O/c1-9-5-6-12(19-9)8-17-18-11-4-2-3-10(7-11)13(14,15)16/h2-8,18H,1H3. The SMILES string of the molecule is Cc1ccc(C=NNc2cccc(C(F)(F)F)c2)o1. The number of hydrazone groups is 1. The van der Waals surface area contributed by atoms with E-state index in [9.17, 15) is 13.2 Å². The van der Waals surface area contributed by atoms with Crippen LogP contribution in [0.15, 0.2) is 45.9 Å². The third-order valence-electron chi connectivity index (χ3n) is 2.34. The molecule has 0 fully saturated rings. The van der Waals surface area contributed by atoms with Crippen LogP contribution in [0.25, 0.3) is 0 Å². The summed E-state index contributed by atoms with van der Waals surface area (Å²) in [6.45, 7) is 1.79. The topological polar surface area (TPSA) is 37.5 Å². The lowest BCUT2D eigenvalue weighted by atomic mass is 10.2. The Balaban J connectivity index is 2.06. The minimum Gasteiger partial charge on any atom is -0.460 e. The van der Waals surface area contributed by atoms with Crippen LogP contribution >= 0.6 is 0 Å². The first-order chi connectivity index (χ1) is 8.95. The van der Waals surface area contributed by atoms with Gasteiger partial charge in [-0.1, -0.05) is 6.07 Å². The van der Waals surface area contributed by atoms with Crippen LogP contribution in [0.2, 0.25) is 0 Å². The number of hydrogen-bond acceptors (Lipinski definition) is 3. The Bertz CT molecular complexity index is 588. The Morgan fingerprint density at radius 3 is 2.63 bits per heavy atom. The number of hydrogen-bond donors (Lipinski definition) is 1. The molecular formula is C13H11F3N2O. The van der Waals surface area contributed by atoms with E-state index in [-0.39, 0.29) is 5.69 Å². The second-order valence-electron chi connectivity index (χ2n) is 3.90. The number of furan rings is 1. The third-order valence-corrected chi connectivity index (χ3v) is 2.34. The maximum atomic E-state index is 12.5. The maximum absolute atomic E-state index is 12.5. The van der Waals surface area contributed by atoms with Gasteiger partial charge in [-0.25, -0.2) is 0 Å². The van der Waals surface area contributed by atoms with Gasteiger partial charge >= 0.3 is 6.18 Å². The van der Waals surface area contributed by atoms with Crippen molar-refractivity contribution in [2.45, 2.75) is 13.1 Å². The molecule has 0 amide bonds. The van der Waals surface area contributed by atoms with Crippen molar-refractivity contribution in [1.29, 1.82) is 0 Å². The van der Waals surface area contributed by atoms with Crippen LogP contribution in [-0.2, 0) is 6.18 Å². The van der Waals surface area contributed by atoms with Crippen molar-refractivity contribution >= 4 is 11.9 Å². The third kappa shape index (κ3) is 3.61. The smallest absolute Gasteiger partial charge is 0.416 e. The van der Waals surface area contributed by atoms with Crippen molar-refractivity contribution in [2.75, 3.05) is 5.43 Å². The summed E-state index contributed by atoms with van der Waals surface area (Å²) in [4.78, 5) is 0. The Labute approximate surface area is 107 Å². The van der Waals surface area contributed by atoms with Crippen molar-refractivity contribution in [3.8, 4) is 0 Å². The summed E-state index contributed by atoms with van der Waals surface area (Å²) in [7, 11) is 0. The maximum Gasteiger partial charge on any atom is 0.416 e. The summed E-state index contributed by atoms with van der Waals surface area (Å²) >= 11 is 0. The molecule has 3 nitrogen and oxygen atoms in total. The fraction of sp³-hybridized carbons (Fsp3) is 0.154. The molecule has 0 saturated heterocycles. The highest BCUT2D eigenvalue weighted by atomic mass is 19.4. The van der Waals surface area contributed by atoms with E-state index in [1.165, 1.54) is 18.3 Å². The van der Waals surface area contributed by atoms with E-state index in [1.54, 1.807) is 19.1 Å². The number of benzene rings is 1. The first-order valence-corrected chi connectivity index (χ1v) is 5.48. The van der Waals surface area contributed by atoms with Crippen LogP contribution < -0.4 is 5.43 Å². The lowest BCUT2D eigenvalue weighted by Gasteiger charge is -2.07. The van der Waals surface area contributed by atoms with Gasteiger partial charge in [0.2, 0.25) is 0 Å². The number of aryl methyl sites for hydroxylation is 1. The second kappa shape index (κ2) is 5.17. The summed E-state index contributed by atoms with van der Waals surface area (Å²) in [5, 5.41) is 3.81. The summed E-state index contributed by atoms with van der Waals surface area (Å²) in [6.07, 6.45) is -2.97. The van der Waals surface area contributed by atoms with E-state index in [1.807, 2.05) is 0 Å². The van der Waals surface area contributed by atoms with Crippen LogP contribution in [0.5, 0.6) is 0 Å². The average molecular weight is 268 g/mol. The monoisotopic (exact) mass is 268 g/mol. The van der Waals surface area contributed by atoms with Crippen molar-refractivity contribution < 1.29 is 17.6 Å². The molecule has 1 N–H and O–H groups in total. The molecule has 0 aliphatic rings. The van der Waals surface area contributed by atoms with Crippen molar-refractivity contribution in [3.63, 3.8) is 0 Å². The summed E-state index contributed by atoms with van der Waals surface area (Å²) in [5.41, 5.74) is 2.06. The van der Waals surface area contributed by atoms with Crippen molar-refractivity contribution in [3.05, 3.63) is 53.5 Å². The number of halogens is 3. The zero-order chi connectivity index (χ0) is 13.9. The predicted octanol–water partition coefficient (Wildman–Crippen LogP) is 4.05. The normalized spacial score (nSPS) is 12.0. The molecule has 0 spiro atoms. The summed E-state index contributed by atoms with van der Waals surface area (Å²) < 4.78 is 42.7. The van der Waals surface area contributed by atoms with E-state index < -0.39 is 11.7 Å². The van der Waals surface area contributed by atoms with Gasteiger partial charge in [0.05, 0.1) is 17.5 Å². The lowest BCUT2D eigenvalue weighted by molar-refractivity contribution is -0.137. The van der Waals surface area contributed by atoms with Crippen molar-refractivity contribution in [2.24, 2.45) is 5.10 Å². The van der Waals surface area contributed by atoms with E-state index in [0.29, 0.717) is 5.76 Å². The first-order valence-electron chi connectivity index (χ1n) is 5.48. The Hall–Kier alpha value is -2.24. The molecule has 2 aromatic rings. The van der Waals surface area contributed by atoms with E-state index in [2.05, 4.69) is 10.5 Å². The fourth-order valence-corrected chi connectivity index (χ4v) is 1.46. The Morgan fingerprint density at radius 2 is 2.00 bits per heavy atom. The number of alkyl halides is 3. The van der Waals surface area contributed by atoms with Gasteiger partial charge in [-0.3, -0.25) is 5.43 Å². The lowest BCUT2D eigenvalue weighted by Crippen LogP contribution is -2.05. The van der Waals surface area contributed by atoms with Crippen LogP contribution in [0.1, 0.15) is 17.1 Å². The molecule has 1 aromatic heterocycles. The quantitative estimate of drug-likeness (QED) is 0.673. The second-order valence-corrected chi connectivity index (χ2v) is 3.90. The van der Waals surface area contributed by atoms with Gasteiger partial charge in [0.15, 0.2) is 0 Å². The molecule has 0 atom stereocenters. The van der Waals surface area contributed by atoms with Gasteiger partial charge < -0.3 is 4.42 Å². The summed E-state index contributed by atoms with van der Waals surface area (Å²) in [5.74, 6) is 1.26. The number of rotatable bonds is 3. The zero-order valence-corrected chi connectivity index (χ0v) is 10.0. The predicted molar refractivity (Wildman–Crippen MR) is 66.1 cm³/mol. The number of nitrogens with one attached hydrogen (secondary N) is 1. The molecule has 0 bridgehead atoms. The van der Waals surface area contributed by atoms with Crippen LogP contribution in [0.4, 0.5) is 18.9 Å². The Morgan fingerprint density at radius 1 is 1.21 bits per heavy atom. The number of nitrogens with zero attached hydrogens (tertiary/aromatic N) is 1. The highest BCUT2D eigenvalue weighted by Crippen LogP contribution is 2.30. The van der Waals surface area contributed by atoms with Gasteiger partial charge in [0.1, 0.15) is 11.5 Å². The molecular weight excluding hydrogens is 257 g/mol. The van der Waals surface area contributed by atoms with E-state index >= 15 is 0 Å². The van der Waals surface area contributed by atoms with Crippen LogP contribution in [0.3, 0.4) is 0 Å². The Kier molecular flexibility index (Phi) is 3.59. The minimum absolute atomic E-state index is 0.259. The van der Waals surface area contributed by atoms with Crippen LogP contribution in [-0.4, -0.2) is 6.21 Å². The molecule has 1 aromatic carbocycles. The molecule has 19 heavy (non-hydrogen) atoms. The van der Waals surface area contributed by atoms with Crippen LogP contribution in [0, 0.1) is 6.92 Å². The molecule has 0 radical (unpaired) electrons. The van der Waals surface area contributed by atoms with Gasteiger partial charge in [0.25, 0.3) is 0 Å². The highest BCUT2D eigenvalue weighted by Gasteiger charge is 2.30. The average Bonchev–Trinajstić information content (AvgIpc) is 2.74. The minimum atomic E-state index is -4.36. The van der Waals surface area contributed by atoms with Gasteiger partial charge in [0, 0.05) is 0 Å². The van der Waals surface area contributed by atoms with E-state index in [4.69, 9.17) is 4.42 Å². The molecule has 2 rings (SSSR count). The molecule has 0 aliphatic heterocycles. The summed E-state index contributed by atoms with van der Waals surface area (Å²) in [6, 6.07) is 8.30. The van der Waals surface area contributed by atoms with Crippen molar-refractivity contribution in [1.82, 2.24) is 0 Å². The number of anilines is 1.